The van der Waals surface area contributed by atoms with Crippen LogP contribution in [0.2, 0.25) is 0 Å². The maximum Gasteiger partial charge on any atom is 0.324 e. The van der Waals surface area contributed by atoms with Crippen LogP contribution in [0.25, 0.3) is 0 Å². The van der Waals surface area contributed by atoms with E-state index < -0.39 is 6.17 Å². The zero-order valence-corrected chi connectivity index (χ0v) is 20.7. The molecule has 0 saturated heterocycles. The van der Waals surface area contributed by atoms with Gasteiger partial charge in [-0.3, -0.25) is 19.7 Å². The molecule has 0 bridgehead atoms. The second-order valence-corrected chi connectivity index (χ2v) is 9.55. The Balaban J connectivity index is 1.52. The zero-order valence-electron chi connectivity index (χ0n) is 20.7. The highest BCUT2D eigenvalue weighted by molar-refractivity contribution is 6.06. The number of amides is 3. The first-order chi connectivity index (χ1) is 17.5. The van der Waals surface area contributed by atoms with Gasteiger partial charge in [0.25, 0.3) is 5.91 Å². The van der Waals surface area contributed by atoms with Gasteiger partial charge in [-0.15, -0.1) is 0 Å². The molecule has 7 heteroatoms. The number of rotatable bonds is 5. The van der Waals surface area contributed by atoms with Crippen LogP contribution in [0.4, 0.5) is 16.2 Å². The number of hydrogen-bond donors (Lipinski definition) is 1. The molecule has 1 fully saturated rings. The van der Waals surface area contributed by atoms with E-state index in [9.17, 15) is 9.59 Å². The lowest BCUT2D eigenvalue weighted by Gasteiger charge is -2.35. The van der Waals surface area contributed by atoms with Gasteiger partial charge in [-0.2, -0.15) is 0 Å². The number of benzene rings is 2. The quantitative estimate of drug-likeness (QED) is 0.525. The highest BCUT2D eigenvalue weighted by Gasteiger charge is 2.40. The molecule has 184 valence electrons. The van der Waals surface area contributed by atoms with Gasteiger partial charge in [0.2, 0.25) is 6.17 Å². The van der Waals surface area contributed by atoms with E-state index in [1.54, 1.807) is 22.2 Å². The summed E-state index contributed by atoms with van der Waals surface area (Å²) in [6, 6.07) is 18.9. The molecule has 2 aromatic carbocycles. The number of nitrogens with one attached hydrogen (secondary N) is 1. The Morgan fingerprint density at radius 1 is 1.06 bits per heavy atom. The van der Waals surface area contributed by atoms with E-state index in [1.807, 2.05) is 74.5 Å². The average molecular weight is 482 g/mol. The predicted molar refractivity (Wildman–Crippen MR) is 142 cm³/mol. The second-order valence-electron chi connectivity index (χ2n) is 9.55. The number of aryl methyl sites for hydroxylation is 2. The summed E-state index contributed by atoms with van der Waals surface area (Å²) in [5.41, 5.74) is 5.19. The molecule has 1 saturated carbocycles. The van der Waals surface area contributed by atoms with Gasteiger partial charge in [0, 0.05) is 29.7 Å². The van der Waals surface area contributed by atoms with Gasteiger partial charge in [-0.25, -0.2) is 4.79 Å². The Morgan fingerprint density at radius 2 is 1.86 bits per heavy atom. The van der Waals surface area contributed by atoms with E-state index in [-0.39, 0.29) is 18.0 Å². The largest absolute Gasteiger partial charge is 0.324 e. The molecule has 1 atom stereocenters. The number of benzodiazepines with no additional fused rings is 1. The van der Waals surface area contributed by atoms with E-state index in [1.165, 1.54) is 0 Å². The van der Waals surface area contributed by atoms with E-state index in [4.69, 9.17) is 4.99 Å². The molecule has 3 aromatic rings. The van der Waals surface area contributed by atoms with Crippen molar-refractivity contribution in [3.05, 3.63) is 89.2 Å². The highest BCUT2D eigenvalue weighted by Crippen LogP contribution is 2.31. The monoisotopic (exact) mass is 481 g/mol. The van der Waals surface area contributed by atoms with Crippen LogP contribution in [-0.2, 0) is 11.3 Å². The van der Waals surface area contributed by atoms with Crippen LogP contribution in [0.5, 0.6) is 0 Å². The highest BCUT2D eigenvalue weighted by atomic mass is 16.2. The van der Waals surface area contributed by atoms with E-state index in [0.717, 1.165) is 53.8 Å². The minimum absolute atomic E-state index is 0.0550. The van der Waals surface area contributed by atoms with Gasteiger partial charge in [0.15, 0.2) is 0 Å². The molecule has 36 heavy (non-hydrogen) atoms. The molecular formula is C29H31N5O2. The number of para-hydroxylation sites is 1. The number of pyridine rings is 1. The lowest BCUT2D eigenvalue weighted by molar-refractivity contribution is -0.123. The van der Waals surface area contributed by atoms with E-state index in [0.29, 0.717) is 12.2 Å². The van der Waals surface area contributed by atoms with Gasteiger partial charge >= 0.3 is 6.03 Å². The van der Waals surface area contributed by atoms with Crippen molar-refractivity contribution < 1.29 is 9.59 Å². The Morgan fingerprint density at radius 3 is 2.64 bits per heavy atom. The number of aromatic nitrogens is 1. The summed E-state index contributed by atoms with van der Waals surface area (Å²) in [4.78, 5) is 40.5. The lowest BCUT2D eigenvalue weighted by atomic mass is 10.1. The number of fused-ring (bicyclic) bond motifs is 1. The van der Waals surface area contributed by atoms with Crippen molar-refractivity contribution in [2.75, 3.05) is 10.2 Å². The van der Waals surface area contributed by atoms with Gasteiger partial charge in [-0.05, 0) is 62.1 Å². The summed E-state index contributed by atoms with van der Waals surface area (Å²) in [5, 5.41) is 3.02. The lowest BCUT2D eigenvalue weighted by Crippen LogP contribution is -2.54. The van der Waals surface area contributed by atoms with Crippen LogP contribution < -0.4 is 10.2 Å². The summed E-state index contributed by atoms with van der Waals surface area (Å²) in [6.07, 6.45) is 6.27. The number of nitrogens with zero attached hydrogens (tertiary/aromatic N) is 4. The van der Waals surface area contributed by atoms with E-state index in [2.05, 4.69) is 10.3 Å². The topological polar surface area (TPSA) is 77.9 Å². The predicted octanol–water partition coefficient (Wildman–Crippen LogP) is 5.47. The number of aliphatic imine (C=N–C) groups is 1. The number of urea groups is 1. The molecule has 0 spiro atoms. The Kier molecular flexibility index (Phi) is 6.80. The van der Waals surface area contributed by atoms with Crippen LogP contribution in [-0.4, -0.2) is 40.2 Å². The molecule has 3 amide bonds. The van der Waals surface area contributed by atoms with Crippen molar-refractivity contribution >= 4 is 29.5 Å². The SMILES string of the molecule is Cc1cccc(NC(=O)N(C2CCCC2)C2N=Cc3ccccc3N(Cc3ncccc3C)C2=O)c1. The van der Waals surface area contributed by atoms with Gasteiger partial charge in [-0.1, -0.05) is 49.2 Å². The fourth-order valence-electron chi connectivity index (χ4n) is 5.07. The molecule has 0 radical (unpaired) electrons. The summed E-state index contributed by atoms with van der Waals surface area (Å²) in [6.45, 7) is 4.28. The molecule has 1 unspecified atom stereocenters. The molecule has 1 aliphatic carbocycles. The standard InChI is InChI=1S/C29H31N5O2/c1-20-9-7-12-23(17-20)32-29(36)34(24-13-4-5-14-24)27-28(35)33(19-25-21(2)10-8-16-30-25)26-15-6-3-11-22(26)18-31-27/h3,6-12,15-18,24,27H,4-5,13-14,19H2,1-2H3,(H,32,36). The van der Waals surface area contributed by atoms with Crippen molar-refractivity contribution in [2.24, 2.45) is 4.99 Å². The first kappa shape index (κ1) is 23.7. The molecule has 1 aromatic heterocycles. The van der Waals surface area contributed by atoms with Crippen LogP contribution in [0.15, 0.2) is 71.9 Å². The van der Waals surface area contributed by atoms with Crippen molar-refractivity contribution in [1.82, 2.24) is 9.88 Å². The Labute approximate surface area is 211 Å². The Hall–Kier alpha value is -4.00. The maximum absolute atomic E-state index is 14.2. The number of anilines is 2. The van der Waals surface area contributed by atoms with Crippen molar-refractivity contribution in [3.63, 3.8) is 0 Å². The third-order valence-electron chi connectivity index (χ3n) is 6.98. The summed E-state index contributed by atoms with van der Waals surface area (Å²) >= 11 is 0. The zero-order chi connectivity index (χ0) is 25.1. The molecule has 5 rings (SSSR count). The van der Waals surface area contributed by atoms with Crippen LogP contribution in [0.3, 0.4) is 0 Å². The summed E-state index contributed by atoms with van der Waals surface area (Å²) < 4.78 is 0. The summed E-state index contributed by atoms with van der Waals surface area (Å²) in [7, 11) is 0. The first-order valence-electron chi connectivity index (χ1n) is 12.5. The third kappa shape index (κ3) is 4.87. The molecule has 1 aliphatic heterocycles. The number of hydrogen-bond acceptors (Lipinski definition) is 4. The van der Waals surface area contributed by atoms with Crippen molar-refractivity contribution in [3.8, 4) is 0 Å². The second kappa shape index (κ2) is 10.3. The van der Waals surface area contributed by atoms with Crippen molar-refractivity contribution in [2.45, 2.75) is 58.3 Å². The normalized spacial score (nSPS) is 17.6. The first-order valence-corrected chi connectivity index (χ1v) is 12.5. The smallest absolute Gasteiger partial charge is 0.308 e. The molecular weight excluding hydrogens is 450 g/mol. The molecule has 2 heterocycles. The number of carbonyl (C=O) groups is 2. The molecule has 1 N–H and O–H groups in total. The van der Waals surface area contributed by atoms with Crippen molar-refractivity contribution in [1.29, 1.82) is 0 Å². The van der Waals surface area contributed by atoms with Gasteiger partial charge in [0.1, 0.15) is 0 Å². The van der Waals surface area contributed by atoms with Crippen LogP contribution >= 0.6 is 0 Å². The fourth-order valence-corrected chi connectivity index (χ4v) is 5.07. The molecule has 2 aliphatic rings. The fraction of sp³-hybridized carbons (Fsp3) is 0.310. The van der Waals surface area contributed by atoms with Gasteiger partial charge in [0.05, 0.1) is 17.9 Å². The molecule has 7 nitrogen and oxygen atoms in total. The average Bonchev–Trinajstić information content (AvgIpc) is 3.36. The minimum Gasteiger partial charge on any atom is -0.308 e. The third-order valence-corrected chi connectivity index (χ3v) is 6.98. The Bertz CT molecular complexity index is 1300. The van der Waals surface area contributed by atoms with Crippen LogP contribution in [0, 0.1) is 13.8 Å². The van der Waals surface area contributed by atoms with E-state index >= 15 is 0 Å². The summed E-state index contributed by atoms with van der Waals surface area (Å²) in [5.74, 6) is -0.229. The van der Waals surface area contributed by atoms with Crippen LogP contribution in [0.1, 0.15) is 48.1 Å². The maximum atomic E-state index is 14.2. The minimum atomic E-state index is -0.964. The number of carbonyl (C=O) groups excluding carboxylic acids is 2. The van der Waals surface area contributed by atoms with Gasteiger partial charge < -0.3 is 10.2 Å².